The molecule has 1 unspecified atom stereocenters. The molecule has 0 aliphatic carbocycles. The molecule has 1 aromatic rings. The van der Waals surface area contributed by atoms with Crippen molar-refractivity contribution in [2.24, 2.45) is 5.92 Å². The summed E-state index contributed by atoms with van der Waals surface area (Å²) in [5.41, 5.74) is 1.27. The Bertz CT molecular complexity index is 455. The van der Waals surface area contributed by atoms with Crippen LogP contribution in [-0.4, -0.2) is 35.0 Å². The number of hydrogen-bond donors (Lipinski definition) is 1. The average molecular weight is 267 g/mol. The minimum Gasteiger partial charge on any atom is -0.481 e. The Hall–Kier alpha value is -1.36. The van der Waals surface area contributed by atoms with Crippen molar-refractivity contribution in [3.8, 4) is 0 Å². The number of piperidine rings is 1. The van der Waals surface area contributed by atoms with Gasteiger partial charge in [0.05, 0.1) is 5.92 Å². The largest absolute Gasteiger partial charge is 0.481 e. The van der Waals surface area contributed by atoms with Crippen LogP contribution >= 0.6 is 11.3 Å². The summed E-state index contributed by atoms with van der Waals surface area (Å²) in [6, 6.07) is 2.08. The number of carboxylic acid groups (broad SMARTS) is 1. The molecule has 1 amide bonds. The second-order valence-corrected chi connectivity index (χ2v) is 5.69. The Morgan fingerprint density at radius 1 is 1.61 bits per heavy atom. The Morgan fingerprint density at radius 3 is 2.94 bits per heavy atom. The van der Waals surface area contributed by atoms with E-state index < -0.39 is 11.9 Å². The number of rotatable bonds is 4. The van der Waals surface area contributed by atoms with Gasteiger partial charge in [-0.25, -0.2) is 0 Å². The van der Waals surface area contributed by atoms with Crippen LogP contribution in [0.3, 0.4) is 0 Å². The van der Waals surface area contributed by atoms with Gasteiger partial charge in [0.25, 0.3) is 0 Å². The van der Waals surface area contributed by atoms with E-state index in [1.807, 2.05) is 0 Å². The molecular weight excluding hydrogens is 250 g/mol. The molecule has 0 saturated carbocycles. The van der Waals surface area contributed by atoms with Gasteiger partial charge in [0.1, 0.15) is 0 Å². The van der Waals surface area contributed by atoms with Crippen LogP contribution < -0.4 is 0 Å². The fourth-order valence-corrected chi connectivity index (χ4v) is 3.12. The molecule has 0 aromatic carbocycles. The topological polar surface area (TPSA) is 57.6 Å². The van der Waals surface area contributed by atoms with E-state index in [0.717, 1.165) is 6.42 Å². The maximum atomic E-state index is 11.8. The summed E-state index contributed by atoms with van der Waals surface area (Å²) >= 11 is 1.71. The highest BCUT2D eigenvalue weighted by atomic mass is 32.1. The van der Waals surface area contributed by atoms with Gasteiger partial charge in [0.2, 0.25) is 5.91 Å². The van der Waals surface area contributed by atoms with Gasteiger partial charge in [0.15, 0.2) is 0 Å². The molecule has 1 atom stereocenters. The quantitative estimate of drug-likeness (QED) is 0.906. The summed E-state index contributed by atoms with van der Waals surface area (Å²) < 4.78 is 0. The molecule has 1 aliphatic heterocycles. The van der Waals surface area contributed by atoms with Crippen molar-refractivity contribution in [3.63, 3.8) is 0 Å². The van der Waals surface area contributed by atoms with Crippen LogP contribution in [0.4, 0.5) is 0 Å². The van der Waals surface area contributed by atoms with E-state index in [9.17, 15) is 9.59 Å². The molecule has 0 spiro atoms. The van der Waals surface area contributed by atoms with E-state index in [4.69, 9.17) is 5.11 Å². The highest BCUT2D eigenvalue weighted by Gasteiger charge is 2.29. The standard InChI is InChI=1S/C13H17NO3S/c1-9-4-7-18-11(9)3-6-14-5-2-10(13(16)17)8-12(14)15/h4,7,10H,2-3,5-6,8H2,1H3,(H,16,17). The first-order chi connectivity index (χ1) is 8.58. The number of thiophene rings is 1. The second kappa shape index (κ2) is 5.52. The zero-order valence-electron chi connectivity index (χ0n) is 10.4. The van der Waals surface area contributed by atoms with Crippen molar-refractivity contribution in [1.29, 1.82) is 0 Å². The van der Waals surface area contributed by atoms with Crippen molar-refractivity contribution in [1.82, 2.24) is 4.90 Å². The van der Waals surface area contributed by atoms with E-state index in [0.29, 0.717) is 19.5 Å². The van der Waals surface area contributed by atoms with Gasteiger partial charge in [-0.15, -0.1) is 11.3 Å². The number of carbonyl (C=O) groups excluding carboxylic acids is 1. The van der Waals surface area contributed by atoms with Gasteiger partial charge >= 0.3 is 5.97 Å². The lowest BCUT2D eigenvalue weighted by atomic mass is 9.96. The number of likely N-dealkylation sites (tertiary alicyclic amines) is 1. The minimum absolute atomic E-state index is 0.0251. The highest BCUT2D eigenvalue weighted by Crippen LogP contribution is 2.21. The molecule has 2 rings (SSSR count). The predicted octanol–water partition coefficient (Wildman–Crippen LogP) is 1.92. The van der Waals surface area contributed by atoms with Crippen LogP contribution in [0.15, 0.2) is 11.4 Å². The highest BCUT2D eigenvalue weighted by molar-refractivity contribution is 7.10. The average Bonchev–Trinajstić information content (AvgIpc) is 2.73. The number of amides is 1. The van der Waals surface area contributed by atoms with E-state index in [1.165, 1.54) is 10.4 Å². The first-order valence-electron chi connectivity index (χ1n) is 6.11. The summed E-state index contributed by atoms with van der Waals surface area (Å²) in [6.45, 7) is 3.34. The second-order valence-electron chi connectivity index (χ2n) is 4.69. The van der Waals surface area contributed by atoms with Crippen LogP contribution in [0, 0.1) is 12.8 Å². The summed E-state index contributed by atoms with van der Waals surface area (Å²) in [5, 5.41) is 10.9. The number of aryl methyl sites for hydroxylation is 1. The minimum atomic E-state index is -0.850. The molecule has 0 bridgehead atoms. The third-order valence-electron chi connectivity index (χ3n) is 3.45. The van der Waals surface area contributed by atoms with Crippen molar-refractivity contribution in [3.05, 3.63) is 21.9 Å². The van der Waals surface area contributed by atoms with Crippen molar-refractivity contribution in [2.45, 2.75) is 26.2 Å². The molecule has 4 nitrogen and oxygen atoms in total. The van der Waals surface area contributed by atoms with Crippen LogP contribution in [0.1, 0.15) is 23.3 Å². The predicted molar refractivity (Wildman–Crippen MR) is 69.7 cm³/mol. The van der Waals surface area contributed by atoms with E-state index in [2.05, 4.69) is 18.4 Å². The molecule has 18 heavy (non-hydrogen) atoms. The van der Waals surface area contributed by atoms with Gasteiger partial charge in [-0.2, -0.15) is 0 Å². The van der Waals surface area contributed by atoms with Crippen LogP contribution in [-0.2, 0) is 16.0 Å². The molecule has 1 aromatic heterocycles. The molecule has 1 fully saturated rings. The first kappa shape index (κ1) is 13.1. The Balaban J connectivity index is 1.86. The van der Waals surface area contributed by atoms with E-state index in [1.54, 1.807) is 16.2 Å². The lowest BCUT2D eigenvalue weighted by molar-refractivity contribution is -0.149. The van der Waals surface area contributed by atoms with Gasteiger partial charge < -0.3 is 10.0 Å². The first-order valence-corrected chi connectivity index (χ1v) is 6.99. The van der Waals surface area contributed by atoms with Crippen molar-refractivity contribution < 1.29 is 14.7 Å². The molecule has 0 radical (unpaired) electrons. The van der Waals surface area contributed by atoms with Crippen molar-refractivity contribution in [2.75, 3.05) is 13.1 Å². The zero-order valence-corrected chi connectivity index (χ0v) is 11.2. The maximum Gasteiger partial charge on any atom is 0.307 e. The van der Waals surface area contributed by atoms with Gasteiger partial charge in [-0.3, -0.25) is 9.59 Å². The number of carbonyl (C=O) groups is 2. The zero-order chi connectivity index (χ0) is 13.1. The molecule has 5 heteroatoms. The molecule has 1 aliphatic rings. The molecule has 2 heterocycles. The lowest BCUT2D eigenvalue weighted by Crippen LogP contribution is -2.41. The molecule has 1 saturated heterocycles. The van der Waals surface area contributed by atoms with Gasteiger partial charge in [-0.1, -0.05) is 0 Å². The molecule has 1 N–H and O–H groups in total. The third kappa shape index (κ3) is 2.90. The molecule has 98 valence electrons. The Kier molecular flexibility index (Phi) is 4.01. The fourth-order valence-electron chi connectivity index (χ4n) is 2.22. The third-order valence-corrected chi connectivity index (χ3v) is 4.53. The maximum absolute atomic E-state index is 11.8. The Labute approximate surface area is 110 Å². The monoisotopic (exact) mass is 267 g/mol. The number of hydrogen-bond acceptors (Lipinski definition) is 3. The van der Waals surface area contributed by atoms with Gasteiger partial charge in [-0.05, 0) is 36.8 Å². The molecular formula is C13H17NO3S. The van der Waals surface area contributed by atoms with E-state index >= 15 is 0 Å². The van der Waals surface area contributed by atoms with E-state index in [-0.39, 0.29) is 12.3 Å². The van der Waals surface area contributed by atoms with Crippen LogP contribution in [0.2, 0.25) is 0 Å². The summed E-state index contributed by atoms with van der Waals surface area (Å²) in [7, 11) is 0. The summed E-state index contributed by atoms with van der Waals surface area (Å²) in [5.74, 6) is -1.36. The Morgan fingerprint density at radius 2 is 2.39 bits per heavy atom. The SMILES string of the molecule is Cc1ccsc1CCN1CCC(C(=O)O)CC1=O. The smallest absolute Gasteiger partial charge is 0.307 e. The summed E-state index contributed by atoms with van der Waals surface area (Å²) in [4.78, 5) is 25.7. The lowest BCUT2D eigenvalue weighted by Gasteiger charge is -2.29. The number of nitrogens with zero attached hydrogens (tertiary/aromatic N) is 1. The number of aliphatic carboxylic acids is 1. The fraction of sp³-hybridized carbons (Fsp3) is 0.538. The van der Waals surface area contributed by atoms with Gasteiger partial charge in [0, 0.05) is 24.4 Å². The number of carboxylic acids is 1. The normalized spacial score (nSPS) is 20.2. The summed E-state index contributed by atoms with van der Waals surface area (Å²) in [6.07, 6.45) is 1.59. The van der Waals surface area contributed by atoms with Crippen LogP contribution in [0.25, 0.3) is 0 Å². The van der Waals surface area contributed by atoms with Crippen LogP contribution in [0.5, 0.6) is 0 Å². The van der Waals surface area contributed by atoms with Crippen molar-refractivity contribution >= 4 is 23.2 Å².